The van der Waals surface area contributed by atoms with Crippen LogP contribution in [0, 0.1) is 0 Å². The summed E-state index contributed by atoms with van der Waals surface area (Å²) in [6.45, 7) is 0. The second-order valence-electron chi connectivity index (χ2n) is 2.72. The molecule has 0 amide bonds. The molecule has 1 aromatic heterocycles. The van der Waals surface area contributed by atoms with Crippen molar-refractivity contribution in [3.8, 4) is 0 Å². The smallest absolute Gasteiger partial charge is 0.336 e. The maximum Gasteiger partial charge on any atom is 0.336 e. The summed E-state index contributed by atoms with van der Waals surface area (Å²) in [5, 5.41) is 10.1. The third-order valence-electron chi connectivity index (χ3n) is 1.80. The Hall–Kier alpha value is -0.580. The highest BCUT2D eigenvalue weighted by atomic mass is 79.9. The average molecular weight is 292 g/mol. The summed E-state index contributed by atoms with van der Waals surface area (Å²) < 4.78 is 1.78. The van der Waals surface area contributed by atoms with E-state index in [-0.39, 0.29) is 5.56 Å². The van der Waals surface area contributed by atoms with E-state index in [0.717, 1.165) is 13.9 Å². The summed E-state index contributed by atoms with van der Waals surface area (Å²) in [7, 11) is 0. The van der Waals surface area contributed by atoms with E-state index >= 15 is 0 Å². The maximum absolute atomic E-state index is 10.9. The summed E-state index contributed by atoms with van der Waals surface area (Å²) in [6.07, 6.45) is 0. The van der Waals surface area contributed by atoms with E-state index in [1.54, 1.807) is 12.1 Å². The highest BCUT2D eigenvalue weighted by Crippen LogP contribution is 2.34. The van der Waals surface area contributed by atoms with Gasteiger partial charge in [-0.2, -0.15) is 0 Å². The van der Waals surface area contributed by atoms with Gasteiger partial charge in [0.2, 0.25) is 0 Å². The van der Waals surface area contributed by atoms with Crippen LogP contribution in [-0.2, 0) is 0 Å². The van der Waals surface area contributed by atoms with E-state index in [1.165, 1.54) is 17.4 Å². The number of carboxylic acid groups (broad SMARTS) is 1. The first-order valence-corrected chi connectivity index (χ1v) is 5.68. The quantitative estimate of drug-likeness (QED) is 0.862. The summed E-state index contributed by atoms with van der Waals surface area (Å²) in [5.41, 5.74) is 0.245. The van der Waals surface area contributed by atoms with Gasteiger partial charge in [-0.15, -0.1) is 11.3 Å². The molecule has 0 aliphatic rings. The molecule has 2 rings (SSSR count). The number of carboxylic acids is 1. The molecule has 0 bridgehead atoms. The standard InChI is InChI=1S/C9H4BrClO2S/c10-8-3-5-6(9(12)13)1-4(11)2-7(5)14-8/h1-3H,(H,12,13). The number of thiophene rings is 1. The Morgan fingerprint density at radius 2 is 2.14 bits per heavy atom. The van der Waals surface area contributed by atoms with Gasteiger partial charge in [0.05, 0.1) is 9.35 Å². The molecule has 0 atom stereocenters. The topological polar surface area (TPSA) is 37.3 Å². The number of benzene rings is 1. The van der Waals surface area contributed by atoms with Crippen molar-refractivity contribution in [2.24, 2.45) is 0 Å². The van der Waals surface area contributed by atoms with Crippen LogP contribution in [0.5, 0.6) is 0 Å². The molecule has 0 spiro atoms. The summed E-state index contributed by atoms with van der Waals surface area (Å²) in [4.78, 5) is 10.9. The Morgan fingerprint density at radius 3 is 2.79 bits per heavy atom. The molecule has 0 saturated carbocycles. The Kier molecular flexibility index (Phi) is 2.51. The molecular formula is C9H4BrClO2S. The number of aromatic carboxylic acids is 1. The van der Waals surface area contributed by atoms with Gasteiger partial charge in [0, 0.05) is 15.1 Å². The zero-order chi connectivity index (χ0) is 10.3. The third-order valence-corrected chi connectivity index (χ3v) is 3.61. The van der Waals surface area contributed by atoms with E-state index in [1.807, 2.05) is 0 Å². The van der Waals surface area contributed by atoms with Crippen molar-refractivity contribution in [2.75, 3.05) is 0 Å². The molecule has 2 aromatic rings. The molecule has 1 heterocycles. The molecule has 0 saturated heterocycles. The fourth-order valence-corrected chi connectivity index (χ4v) is 3.14. The van der Waals surface area contributed by atoms with Gasteiger partial charge in [-0.1, -0.05) is 11.6 Å². The van der Waals surface area contributed by atoms with Crippen LogP contribution in [0.1, 0.15) is 10.4 Å². The minimum Gasteiger partial charge on any atom is -0.478 e. The Morgan fingerprint density at radius 1 is 1.43 bits per heavy atom. The lowest BCUT2D eigenvalue weighted by Gasteiger charge is -1.97. The van der Waals surface area contributed by atoms with Crippen molar-refractivity contribution < 1.29 is 9.90 Å². The van der Waals surface area contributed by atoms with E-state index in [0.29, 0.717) is 5.02 Å². The summed E-state index contributed by atoms with van der Waals surface area (Å²) >= 11 is 10.6. The molecule has 2 nitrogen and oxygen atoms in total. The van der Waals surface area contributed by atoms with Crippen LogP contribution in [0.15, 0.2) is 22.0 Å². The van der Waals surface area contributed by atoms with E-state index in [4.69, 9.17) is 16.7 Å². The normalized spacial score (nSPS) is 10.7. The van der Waals surface area contributed by atoms with Crippen molar-refractivity contribution in [3.05, 3.63) is 32.6 Å². The van der Waals surface area contributed by atoms with Crippen LogP contribution in [0.2, 0.25) is 5.02 Å². The third kappa shape index (κ3) is 1.65. The van der Waals surface area contributed by atoms with Crippen LogP contribution >= 0.6 is 38.9 Å². The number of fused-ring (bicyclic) bond motifs is 1. The van der Waals surface area contributed by atoms with E-state index in [2.05, 4.69) is 15.9 Å². The molecule has 0 unspecified atom stereocenters. The fourth-order valence-electron chi connectivity index (χ4n) is 1.25. The first-order valence-electron chi connectivity index (χ1n) is 3.70. The summed E-state index contributed by atoms with van der Waals surface area (Å²) in [6, 6.07) is 5.02. The molecule has 1 N–H and O–H groups in total. The second kappa shape index (κ2) is 3.53. The summed E-state index contributed by atoms with van der Waals surface area (Å²) in [5.74, 6) is -0.956. The Labute approximate surface area is 97.2 Å². The number of carbonyl (C=O) groups is 1. The van der Waals surface area contributed by atoms with Crippen LogP contribution in [0.3, 0.4) is 0 Å². The number of hydrogen-bond acceptors (Lipinski definition) is 2. The lowest BCUT2D eigenvalue weighted by Crippen LogP contribution is -1.95. The molecule has 0 fully saturated rings. The SMILES string of the molecule is O=C(O)c1cc(Cl)cc2sc(Br)cc12. The predicted molar refractivity (Wildman–Crippen MR) is 61.5 cm³/mol. The minimum atomic E-state index is -0.956. The minimum absolute atomic E-state index is 0.245. The lowest BCUT2D eigenvalue weighted by atomic mass is 10.1. The van der Waals surface area contributed by atoms with Crippen LogP contribution in [0.4, 0.5) is 0 Å². The Balaban J connectivity index is 2.85. The van der Waals surface area contributed by atoms with Gasteiger partial charge in [0.15, 0.2) is 0 Å². The number of hydrogen-bond donors (Lipinski definition) is 1. The van der Waals surface area contributed by atoms with Crippen LogP contribution < -0.4 is 0 Å². The highest BCUT2D eigenvalue weighted by molar-refractivity contribution is 9.11. The van der Waals surface area contributed by atoms with E-state index < -0.39 is 5.97 Å². The average Bonchev–Trinajstić information content (AvgIpc) is 2.42. The number of halogens is 2. The van der Waals surface area contributed by atoms with Gasteiger partial charge >= 0.3 is 5.97 Å². The Bertz CT molecular complexity index is 521. The van der Waals surface area contributed by atoms with Crippen molar-refractivity contribution >= 4 is 54.9 Å². The molecule has 14 heavy (non-hydrogen) atoms. The highest BCUT2D eigenvalue weighted by Gasteiger charge is 2.12. The van der Waals surface area contributed by atoms with Gasteiger partial charge in [0.25, 0.3) is 0 Å². The van der Waals surface area contributed by atoms with Gasteiger partial charge in [-0.3, -0.25) is 0 Å². The van der Waals surface area contributed by atoms with Crippen molar-refractivity contribution in [3.63, 3.8) is 0 Å². The molecule has 0 aliphatic heterocycles. The van der Waals surface area contributed by atoms with Gasteiger partial charge < -0.3 is 5.11 Å². The van der Waals surface area contributed by atoms with Crippen molar-refractivity contribution in [1.29, 1.82) is 0 Å². The molecule has 0 aliphatic carbocycles. The van der Waals surface area contributed by atoms with Gasteiger partial charge in [0.1, 0.15) is 0 Å². The zero-order valence-electron chi connectivity index (χ0n) is 6.75. The predicted octanol–water partition coefficient (Wildman–Crippen LogP) is 4.02. The second-order valence-corrected chi connectivity index (χ2v) is 5.62. The molecule has 0 radical (unpaired) electrons. The molecule has 72 valence electrons. The fraction of sp³-hybridized carbons (Fsp3) is 0. The van der Waals surface area contributed by atoms with Gasteiger partial charge in [-0.05, 0) is 34.1 Å². The first kappa shape index (κ1) is 9.96. The van der Waals surface area contributed by atoms with Crippen molar-refractivity contribution in [2.45, 2.75) is 0 Å². The largest absolute Gasteiger partial charge is 0.478 e. The monoisotopic (exact) mass is 290 g/mol. The van der Waals surface area contributed by atoms with Crippen molar-refractivity contribution in [1.82, 2.24) is 0 Å². The molecule has 1 aromatic carbocycles. The first-order chi connectivity index (χ1) is 6.58. The molecular weight excluding hydrogens is 288 g/mol. The zero-order valence-corrected chi connectivity index (χ0v) is 9.91. The van der Waals surface area contributed by atoms with Crippen LogP contribution in [-0.4, -0.2) is 11.1 Å². The van der Waals surface area contributed by atoms with E-state index in [9.17, 15) is 4.79 Å². The van der Waals surface area contributed by atoms with Gasteiger partial charge in [-0.25, -0.2) is 4.79 Å². The number of rotatable bonds is 1. The maximum atomic E-state index is 10.9. The van der Waals surface area contributed by atoms with Crippen LogP contribution in [0.25, 0.3) is 10.1 Å². The lowest BCUT2D eigenvalue weighted by molar-refractivity contribution is 0.0699. The molecule has 5 heteroatoms.